The first kappa shape index (κ1) is 25.2. The van der Waals surface area contributed by atoms with Crippen LogP contribution in [0.15, 0.2) is 47.7 Å². The van der Waals surface area contributed by atoms with Crippen LogP contribution in [0.25, 0.3) is 10.9 Å². The van der Waals surface area contributed by atoms with Gasteiger partial charge in [-0.1, -0.05) is 6.07 Å². The first-order valence-corrected chi connectivity index (χ1v) is 11.1. The van der Waals surface area contributed by atoms with Crippen LogP contribution in [-0.2, 0) is 17.7 Å². The van der Waals surface area contributed by atoms with Crippen molar-refractivity contribution in [2.24, 2.45) is 4.99 Å². The highest BCUT2D eigenvalue weighted by molar-refractivity contribution is 14.0. The van der Waals surface area contributed by atoms with Gasteiger partial charge in [0.25, 0.3) is 0 Å². The molecular weight excluding hydrogens is 534 g/mol. The number of aliphatic imine (C=N–C) groups is 1. The zero-order valence-electron chi connectivity index (χ0n) is 19.3. The van der Waals surface area contributed by atoms with Crippen LogP contribution in [0.3, 0.4) is 0 Å². The summed E-state index contributed by atoms with van der Waals surface area (Å²) in [4.78, 5) is 14.3. The highest BCUT2D eigenvalue weighted by Crippen LogP contribution is 2.20. The van der Waals surface area contributed by atoms with Crippen molar-refractivity contribution < 1.29 is 9.13 Å². The number of fused-ring (bicyclic) bond motifs is 1. The average Bonchev–Trinajstić information content (AvgIpc) is 3.17. The summed E-state index contributed by atoms with van der Waals surface area (Å²) in [6.07, 6.45) is 5.07. The van der Waals surface area contributed by atoms with Crippen LogP contribution in [-0.4, -0.2) is 54.8 Å². The maximum Gasteiger partial charge on any atom is 0.191 e. The fourth-order valence-electron chi connectivity index (χ4n) is 4.16. The molecule has 1 aliphatic rings. The lowest BCUT2D eigenvalue weighted by Crippen LogP contribution is -2.45. The number of ether oxygens (including phenoxy) is 1. The molecule has 7 nitrogen and oxygen atoms in total. The molecule has 0 radical (unpaired) electrons. The number of pyridine rings is 1. The number of halogens is 2. The smallest absolute Gasteiger partial charge is 0.191 e. The van der Waals surface area contributed by atoms with Gasteiger partial charge in [-0.15, -0.1) is 24.0 Å². The Balaban J connectivity index is 0.00000306. The first-order valence-electron chi connectivity index (χ1n) is 11.1. The highest BCUT2D eigenvalue weighted by atomic mass is 127. The minimum atomic E-state index is -0.231. The van der Waals surface area contributed by atoms with Gasteiger partial charge in [0.2, 0.25) is 0 Å². The summed E-state index contributed by atoms with van der Waals surface area (Å²) in [5.41, 5.74) is 3.05. The van der Waals surface area contributed by atoms with E-state index in [0.29, 0.717) is 13.1 Å². The van der Waals surface area contributed by atoms with Gasteiger partial charge >= 0.3 is 0 Å². The van der Waals surface area contributed by atoms with Crippen LogP contribution in [0.4, 0.5) is 10.2 Å². The molecule has 3 aromatic rings. The van der Waals surface area contributed by atoms with Gasteiger partial charge in [0, 0.05) is 56.5 Å². The van der Waals surface area contributed by atoms with Gasteiger partial charge in [0.15, 0.2) is 5.96 Å². The Morgan fingerprint density at radius 2 is 2.00 bits per heavy atom. The number of hydrogen-bond acceptors (Lipinski definition) is 4. The van der Waals surface area contributed by atoms with Crippen molar-refractivity contribution in [2.45, 2.75) is 39.0 Å². The van der Waals surface area contributed by atoms with E-state index in [1.165, 1.54) is 12.1 Å². The fourth-order valence-corrected chi connectivity index (χ4v) is 4.16. The Morgan fingerprint density at radius 1 is 1.21 bits per heavy atom. The summed E-state index contributed by atoms with van der Waals surface area (Å²) in [7, 11) is 1.76. The third kappa shape index (κ3) is 6.57. The molecule has 33 heavy (non-hydrogen) atoms. The predicted octanol–water partition coefficient (Wildman–Crippen LogP) is 3.84. The van der Waals surface area contributed by atoms with Gasteiger partial charge < -0.3 is 25.3 Å². The molecule has 0 saturated carbocycles. The number of aromatic nitrogens is 2. The SMILES string of the molecule is CN=C(NCCc1c[nH]c2cc(F)ccc12)NCc1ccc(N2CC(C)OC(C)C2)nc1.I. The minimum absolute atomic E-state index is 0. The predicted molar refractivity (Wildman–Crippen MR) is 142 cm³/mol. The molecule has 0 bridgehead atoms. The van der Waals surface area contributed by atoms with Crippen LogP contribution < -0.4 is 15.5 Å². The molecule has 9 heteroatoms. The third-order valence-corrected chi connectivity index (χ3v) is 5.65. The molecule has 178 valence electrons. The Bertz CT molecular complexity index is 1060. The Hall–Kier alpha value is -2.40. The van der Waals surface area contributed by atoms with Gasteiger partial charge in [0.1, 0.15) is 11.6 Å². The number of morpholine rings is 1. The molecule has 3 heterocycles. The van der Waals surface area contributed by atoms with Gasteiger partial charge in [-0.05, 0) is 55.7 Å². The Labute approximate surface area is 211 Å². The van der Waals surface area contributed by atoms with E-state index in [1.54, 1.807) is 7.05 Å². The van der Waals surface area contributed by atoms with Crippen molar-refractivity contribution in [3.05, 3.63) is 59.7 Å². The maximum absolute atomic E-state index is 13.4. The number of H-pyrrole nitrogens is 1. The van der Waals surface area contributed by atoms with Crippen LogP contribution in [0, 0.1) is 5.82 Å². The molecule has 0 amide bonds. The van der Waals surface area contributed by atoms with Gasteiger partial charge in [-0.2, -0.15) is 0 Å². The summed E-state index contributed by atoms with van der Waals surface area (Å²) in [5.74, 6) is 1.48. The number of benzene rings is 1. The van der Waals surface area contributed by atoms with Gasteiger partial charge in [-0.3, -0.25) is 4.99 Å². The number of nitrogens with one attached hydrogen (secondary N) is 3. The number of hydrogen-bond donors (Lipinski definition) is 3. The lowest BCUT2D eigenvalue weighted by atomic mass is 10.1. The second-order valence-electron chi connectivity index (χ2n) is 8.29. The quantitative estimate of drug-likeness (QED) is 0.240. The van der Waals surface area contributed by atoms with Crippen LogP contribution in [0.2, 0.25) is 0 Å². The van der Waals surface area contributed by atoms with Crippen molar-refractivity contribution in [3.8, 4) is 0 Å². The highest BCUT2D eigenvalue weighted by Gasteiger charge is 2.22. The minimum Gasteiger partial charge on any atom is -0.372 e. The summed E-state index contributed by atoms with van der Waals surface area (Å²) < 4.78 is 19.2. The number of aromatic amines is 1. The summed E-state index contributed by atoms with van der Waals surface area (Å²) >= 11 is 0. The monoisotopic (exact) mass is 566 g/mol. The fraction of sp³-hybridized carbons (Fsp3) is 0.417. The molecule has 2 atom stereocenters. The molecule has 1 saturated heterocycles. The maximum atomic E-state index is 13.4. The zero-order valence-corrected chi connectivity index (χ0v) is 21.6. The summed E-state index contributed by atoms with van der Waals surface area (Å²) in [5, 5.41) is 7.71. The molecule has 1 fully saturated rings. The van der Waals surface area contributed by atoms with Crippen molar-refractivity contribution >= 4 is 46.7 Å². The number of guanidine groups is 1. The molecule has 1 aromatic carbocycles. The molecular formula is C24H32FIN6O. The number of anilines is 1. The standard InChI is InChI=1S/C24H31FN6O.HI/c1-16-14-31(15-17(2)32-16)23-7-4-18(11-29-23)12-30-24(26-3)27-9-8-19-13-28-22-10-20(25)5-6-21(19)22;/h4-7,10-11,13,16-17,28H,8-9,12,14-15H2,1-3H3,(H2,26,27,30);1H. The topological polar surface area (TPSA) is 77.6 Å². The second kappa shape index (κ2) is 11.6. The van der Waals surface area contributed by atoms with E-state index >= 15 is 0 Å². The van der Waals surface area contributed by atoms with Crippen LogP contribution in [0.1, 0.15) is 25.0 Å². The van der Waals surface area contributed by atoms with E-state index in [1.807, 2.05) is 18.5 Å². The second-order valence-corrected chi connectivity index (χ2v) is 8.29. The van der Waals surface area contributed by atoms with Gasteiger partial charge in [0.05, 0.1) is 12.2 Å². The molecule has 1 aliphatic heterocycles. The van der Waals surface area contributed by atoms with E-state index in [9.17, 15) is 4.39 Å². The van der Waals surface area contributed by atoms with Crippen molar-refractivity contribution in [1.29, 1.82) is 0 Å². The third-order valence-electron chi connectivity index (χ3n) is 5.65. The number of rotatable bonds is 6. The largest absolute Gasteiger partial charge is 0.372 e. The Morgan fingerprint density at radius 3 is 2.70 bits per heavy atom. The van der Waals surface area contributed by atoms with Crippen LogP contribution >= 0.6 is 24.0 Å². The van der Waals surface area contributed by atoms with E-state index in [0.717, 1.165) is 53.3 Å². The first-order chi connectivity index (χ1) is 15.5. The molecule has 2 aromatic heterocycles. The van der Waals surface area contributed by atoms with E-state index < -0.39 is 0 Å². The summed E-state index contributed by atoms with van der Waals surface area (Å²) in [6, 6.07) is 8.99. The molecule has 0 aliphatic carbocycles. The van der Waals surface area contributed by atoms with Crippen molar-refractivity contribution in [2.75, 3.05) is 31.6 Å². The zero-order chi connectivity index (χ0) is 22.5. The lowest BCUT2D eigenvalue weighted by molar-refractivity contribution is -0.00545. The lowest BCUT2D eigenvalue weighted by Gasteiger charge is -2.36. The number of nitrogens with zero attached hydrogens (tertiary/aromatic N) is 3. The molecule has 0 spiro atoms. The van der Waals surface area contributed by atoms with E-state index in [2.05, 4.69) is 56.5 Å². The normalized spacial score (nSPS) is 18.8. The van der Waals surface area contributed by atoms with Gasteiger partial charge in [-0.25, -0.2) is 9.37 Å². The molecule has 3 N–H and O–H groups in total. The van der Waals surface area contributed by atoms with E-state index in [4.69, 9.17) is 4.74 Å². The Kier molecular flexibility index (Phi) is 8.90. The summed E-state index contributed by atoms with van der Waals surface area (Å²) in [6.45, 7) is 7.26. The average molecular weight is 566 g/mol. The van der Waals surface area contributed by atoms with Crippen molar-refractivity contribution in [3.63, 3.8) is 0 Å². The molecule has 2 unspecified atom stereocenters. The molecule has 4 rings (SSSR count). The van der Waals surface area contributed by atoms with Crippen molar-refractivity contribution in [1.82, 2.24) is 20.6 Å². The van der Waals surface area contributed by atoms with E-state index in [-0.39, 0.29) is 42.0 Å². The van der Waals surface area contributed by atoms with Crippen LogP contribution in [0.5, 0.6) is 0 Å².